The van der Waals surface area contributed by atoms with Crippen molar-refractivity contribution in [1.82, 2.24) is 4.31 Å². The number of hydrogen-bond acceptors (Lipinski definition) is 5. The number of aliphatic hydroxyl groups is 1. The van der Waals surface area contributed by atoms with Crippen molar-refractivity contribution in [2.45, 2.75) is 19.4 Å². The molecular formula is C8H19NO5S2. The Morgan fingerprint density at radius 1 is 1.12 bits per heavy atom. The zero-order valence-corrected chi connectivity index (χ0v) is 11.6. The Balaban J connectivity index is 4.82. The van der Waals surface area contributed by atoms with Crippen LogP contribution in [0.15, 0.2) is 0 Å². The molecule has 0 bridgehead atoms. The molecule has 0 saturated heterocycles. The summed E-state index contributed by atoms with van der Waals surface area (Å²) in [6.07, 6.45) is 0.986. The summed E-state index contributed by atoms with van der Waals surface area (Å²) in [5, 5.41) is 9.03. The molecule has 1 N–H and O–H groups in total. The average Bonchev–Trinajstić information content (AvgIpc) is 2.13. The largest absolute Gasteiger partial charge is 0.394 e. The van der Waals surface area contributed by atoms with Crippen LogP contribution in [0.3, 0.4) is 0 Å². The van der Waals surface area contributed by atoms with E-state index in [-0.39, 0.29) is 6.61 Å². The van der Waals surface area contributed by atoms with E-state index in [4.69, 9.17) is 5.11 Å². The smallest absolute Gasteiger partial charge is 0.215 e. The third-order valence-corrected chi connectivity index (χ3v) is 5.62. The molecule has 0 saturated carbocycles. The molecule has 0 aromatic heterocycles. The van der Waals surface area contributed by atoms with Crippen molar-refractivity contribution in [2.75, 3.05) is 31.4 Å². The minimum atomic E-state index is -3.67. The van der Waals surface area contributed by atoms with Crippen LogP contribution in [0.5, 0.6) is 0 Å². The van der Waals surface area contributed by atoms with Crippen LogP contribution >= 0.6 is 0 Å². The quantitative estimate of drug-likeness (QED) is 0.674. The van der Waals surface area contributed by atoms with Crippen LogP contribution in [0.1, 0.15) is 13.8 Å². The van der Waals surface area contributed by atoms with Gasteiger partial charge < -0.3 is 5.11 Å². The van der Waals surface area contributed by atoms with Gasteiger partial charge in [0.15, 0.2) is 0 Å². The van der Waals surface area contributed by atoms with E-state index in [2.05, 4.69) is 0 Å². The van der Waals surface area contributed by atoms with Crippen LogP contribution in [0.4, 0.5) is 0 Å². The van der Waals surface area contributed by atoms with Gasteiger partial charge >= 0.3 is 0 Å². The minimum Gasteiger partial charge on any atom is -0.394 e. The molecule has 0 fully saturated rings. The molecule has 0 aliphatic carbocycles. The Kier molecular flexibility index (Phi) is 4.93. The summed E-state index contributed by atoms with van der Waals surface area (Å²) in [5.74, 6) is -0.882. The molecule has 0 aliphatic heterocycles. The molecule has 0 spiro atoms. The van der Waals surface area contributed by atoms with Gasteiger partial charge in [0.25, 0.3) is 0 Å². The Morgan fingerprint density at radius 3 is 1.88 bits per heavy atom. The van der Waals surface area contributed by atoms with E-state index in [1.165, 1.54) is 7.05 Å². The average molecular weight is 273 g/mol. The molecule has 0 unspecified atom stereocenters. The van der Waals surface area contributed by atoms with E-state index in [0.717, 1.165) is 10.6 Å². The summed E-state index contributed by atoms with van der Waals surface area (Å²) in [7, 11) is -5.65. The lowest BCUT2D eigenvalue weighted by molar-refractivity contribution is 0.138. The highest BCUT2D eigenvalue weighted by Gasteiger charge is 2.32. The number of likely N-dealkylation sites (N-methyl/N-ethyl adjacent to an activating group) is 1. The maximum atomic E-state index is 11.7. The first-order chi connectivity index (χ1) is 6.92. The molecule has 0 atom stereocenters. The zero-order valence-electron chi connectivity index (χ0n) is 9.97. The highest BCUT2D eigenvalue weighted by molar-refractivity contribution is 7.93. The Bertz CT molecular complexity index is 423. The van der Waals surface area contributed by atoms with Gasteiger partial charge in [0.1, 0.15) is 9.84 Å². The summed E-state index contributed by atoms with van der Waals surface area (Å²) in [4.78, 5) is 0. The summed E-state index contributed by atoms with van der Waals surface area (Å²) in [6, 6.07) is 0. The number of sulfone groups is 1. The second-order valence-corrected chi connectivity index (χ2v) is 8.76. The second-order valence-electron chi connectivity index (χ2n) is 4.38. The van der Waals surface area contributed by atoms with E-state index in [0.29, 0.717) is 0 Å². The lowest BCUT2D eigenvalue weighted by Crippen LogP contribution is -2.48. The fraction of sp³-hybridized carbons (Fsp3) is 1.00. The summed E-state index contributed by atoms with van der Waals surface area (Å²) in [6.45, 7) is 2.79. The molecule has 0 aliphatic rings. The van der Waals surface area contributed by atoms with Crippen molar-refractivity contribution < 1.29 is 21.9 Å². The monoisotopic (exact) mass is 273 g/mol. The number of sulfonamides is 1. The lowest BCUT2D eigenvalue weighted by atomic mass is 10.1. The van der Waals surface area contributed by atoms with E-state index >= 15 is 0 Å². The van der Waals surface area contributed by atoms with Crippen molar-refractivity contribution in [3.05, 3.63) is 0 Å². The summed E-state index contributed by atoms with van der Waals surface area (Å²) in [5.41, 5.74) is -0.934. The number of nitrogens with zero attached hydrogens (tertiary/aromatic N) is 1. The number of rotatable bonds is 6. The summed E-state index contributed by atoms with van der Waals surface area (Å²) >= 11 is 0. The first kappa shape index (κ1) is 15.8. The third kappa shape index (κ3) is 4.77. The third-order valence-electron chi connectivity index (χ3n) is 2.37. The Morgan fingerprint density at radius 2 is 1.56 bits per heavy atom. The van der Waals surface area contributed by atoms with Gasteiger partial charge in [-0.25, -0.2) is 16.8 Å². The maximum Gasteiger partial charge on any atom is 0.215 e. The molecule has 0 radical (unpaired) electrons. The van der Waals surface area contributed by atoms with Crippen LogP contribution in [-0.4, -0.2) is 63.2 Å². The van der Waals surface area contributed by atoms with Crippen molar-refractivity contribution in [1.29, 1.82) is 0 Å². The van der Waals surface area contributed by atoms with E-state index < -0.39 is 36.9 Å². The Labute approximate surface area is 97.2 Å². The van der Waals surface area contributed by atoms with Gasteiger partial charge in [-0.2, -0.15) is 4.31 Å². The van der Waals surface area contributed by atoms with E-state index in [1.54, 1.807) is 13.8 Å². The molecule has 6 nitrogen and oxygen atoms in total. The highest BCUT2D eigenvalue weighted by Crippen LogP contribution is 2.16. The molecule has 8 heteroatoms. The normalized spacial score (nSPS) is 14.4. The van der Waals surface area contributed by atoms with Gasteiger partial charge in [0, 0.05) is 13.3 Å². The molecule has 16 heavy (non-hydrogen) atoms. The van der Waals surface area contributed by atoms with Crippen LogP contribution in [0.25, 0.3) is 0 Å². The standard InChI is InChI=1S/C8H19NO5S2/c1-8(2,7-10)9(3)16(13,14)6-5-15(4,11)12/h10H,5-7H2,1-4H3. The molecule has 0 aromatic carbocycles. The predicted molar refractivity (Wildman–Crippen MR) is 62.4 cm³/mol. The molecule has 0 aromatic rings. The van der Waals surface area contributed by atoms with Gasteiger partial charge in [0.2, 0.25) is 10.0 Å². The predicted octanol–water partition coefficient (Wildman–Crippen LogP) is -0.936. The lowest BCUT2D eigenvalue weighted by Gasteiger charge is -2.32. The van der Waals surface area contributed by atoms with Crippen LogP contribution < -0.4 is 0 Å². The van der Waals surface area contributed by atoms with Crippen LogP contribution in [0.2, 0.25) is 0 Å². The molecular weight excluding hydrogens is 254 g/mol. The minimum absolute atomic E-state index is 0.332. The van der Waals surface area contributed by atoms with Gasteiger partial charge in [-0.15, -0.1) is 0 Å². The van der Waals surface area contributed by atoms with Gasteiger partial charge in [-0.3, -0.25) is 0 Å². The maximum absolute atomic E-state index is 11.7. The molecule has 0 amide bonds. The SMILES string of the molecule is CN(C(C)(C)CO)S(=O)(=O)CCS(C)(=O)=O. The van der Waals surface area contributed by atoms with Gasteiger partial charge in [-0.1, -0.05) is 0 Å². The first-order valence-electron chi connectivity index (χ1n) is 4.68. The van der Waals surface area contributed by atoms with Crippen molar-refractivity contribution in [3.63, 3.8) is 0 Å². The first-order valence-corrected chi connectivity index (χ1v) is 8.35. The summed E-state index contributed by atoms with van der Waals surface area (Å²) < 4.78 is 46.2. The van der Waals surface area contributed by atoms with E-state index in [9.17, 15) is 16.8 Å². The Hall–Kier alpha value is -0.180. The molecule has 0 heterocycles. The highest BCUT2D eigenvalue weighted by atomic mass is 32.2. The van der Waals surface area contributed by atoms with E-state index in [1.807, 2.05) is 0 Å². The van der Waals surface area contributed by atoms with Crippen LogP contribution in [0, 0.1) is 0 Å². The van der Waals surface area contributed by atoms with Gasteiger partial charge in [-0.05, 0) is 13.8 Å². The topological polar surface area (TPSA) is 91.8 Å². The molecule has 98 valence electrons. The number of aliphatic hydroxyl groups excluding tert-OH is 1. The van der Waals surface area contributed by atoms with Crippen LogP contribution in [-0.2, 0) is 19.9 Å². The van der Waals surface area contributed by atoms with Crippen molar-refractivity contribution >= 4 is 19.9 Å². The second kappa shape index (κ2) is 4.99. The fourth-order valence-corrected chi connectivity index (χ4v) is 4.01. The molecule has 0 rings (SSSR count). The van der Waals surface area contributed by atoms with Gasteiger partial charge in [0.05, 0.1) is 23.7 Å². The van der Waals surface area contributed by atoms with Crippen molar-refractivity contribution in [2.24, 2.45) is 0 Å². The fourth-order valence-electron chi connectivity index (χ4n) is 0.870. The number of hydrogen-bond donors (Lipinski definition) is 1. The zero-order chi connectivity index (χ0) is 13.2. The van der Waals surface area contributed by atoms with Crippen molar-refractivity contribution in [3.8, 4) is 0 Å².